The molecule has 5 N–H and O–H groups in total. The molecule has 0 saturated carbocycles. The van der Waals surface area contributed by atoms with Crippen LogP contribution < -0.4 is 5.32 Å². The van der Waals surface area contributed by atoms with E-state index in [4.69, 9.17) is 15.3 Å². The van der Waals surface area contributed by atoms with Crippen LogP contribution in [-0.4, -0.2) is 63.1 Å². The standard InChI is InChI=1S/C10H19NO6/c1-5(13)3-8(16)11-9(7(15)4-12)10(17)6(2)14/h5-6,9-10,12-14,17H,3-4H2,1-2H3,(H,11,16)/t5?,6-,9+,10+/m1/s1. The van der Waals surface area contributed by atoms with Crippen molar-refractivity contribution in [3.8, 4) is 0 Å². The van der Waals surface area contributed by atoms with Crippen molar-refractivity contribution in [1.29, 1.82) is 0 Å². The highest BCUT2D eigenvalue weighted by molar-refractivity contribution is 5.90. The summed E-state index contributed by atoms with van der Waals surface area (Å²) in [4.78, 5) is 22.6. The highest BCUT2D eigenvalue weighted by atomic mass is 16.3. The van der Waals surface area contributed by atoms with Crippen LogP contribution in [0.5, 0.6) is 0 Å². The van der Waals surface area contributed by atoms with Crippen molar-refractivity contribution in [3.05, 3.63) is 0 Å². The molecule has 0 aliphatic rings. The number of amides is 1. The number of Topliss-reactive ketones (excluding diaryl/α,β-unsaturated/α-hetero) is 1. The van der Waals surface area contributed by atoms with Gasteiger partial charge in [-0.2, -0.15) is 0 Å². The van der Waals surface area contributed by atoms with E-state index in [-0.39, 0.29) is 6.42 Å². The molecule has 7 heteroatoms. The van der Waals surface area contributed by atoms with Crippen LogP contribution in [0, 0.1) is 0 Å². The van der Waals surface area contributed by atoms with Crippen molar-refractivity contribution in [1.82, 2.24) is 5.32 Å². The minimum absolute atomic E-state index is 0.234. The number of aliphatic hydroxyl groups excluding tert-OH is 4. The van der Waals surface area contributed by atoms with E-state index in [9.17, 15) is 14.7 Å². The van der Waals surface area contributed by atoms with Crippen molar-refractivity contribution in [2.24, 2.45) is 0 Å². The van der Waals surface area contributed by atoms with E-state index in [0.29, 0.717) is 0 Å². The topological polar surface area (TPSA) is 127 Å². The fourth-order valence-electron chi connectivity index (χ4n) is 1.23. The number of carbonyl (C=O) groups is 2. The Morgan fingerprint density at radius 1 is 1.18 bits per heavy atom. The summed E-state index contributed by atoms with van der Waals surface area (Å²) in [5.74, 6) is -1.45. The first-order valence-electron chi connectivity index (χ1n) is 5.26. The molecule has 0 bridgehead atoms. The van der Waals surface area contributed by atoms with Gasteiger partial charge in [0, 0.05) is 0 Å². The molecular formula is C10H19NO6. The van der Waals surface area contributed by atoms with Crippen LogP contribution in [-0.2, 0) is 9.59 Å². The predicted molar refractivity (Wildman–Crippen MR) is 58.0 cm³/mol. The first-order chi connectivity index (χ1) is 7.79. The second kappa shape index (κ2) is 7.33. The average Bonchev–Trinajstić information content (AvgIpc) is 2.22. The monoisotopic (exact) mass is 249 g/mol. The van der Waals surface area contributed by atoms with Gasteiger partial charge in [0.05, 0.1) is 18.6 Å². The van der Waals surface area contributed by atoms with Gasteiger partial charge in [0.1, 0.15) is 18.8 Å². The number of ketones is 1. The molecule has 17 heavy (non-hydrogen) atoms. The molecule has 0 aliphatic carbocycles. The second-order valence-corrected chi connectivity index (χ2v) is 3.95. The maximum atomic E-state index is 11.3. The highest BCUT2D eigenvalue weighted by Gasteiger charge is 2.30. The minimum atomic E-state index is -1.51. The highest BCUT2D eigenvalue weighted by Crippen LogP contribution is 2.03. The third-order valence-electron chi connectivity index (χ3n) is 2.14. The Morgan fingerprint density at radius 3 is 2.06 bits per heavy atom. The molecule has 4 atom stereocenters. The number of hydrogen-bond donors (Lipinski definition) is 5. The molecule has 100 valence electrons. The summed E-state index contributed by atoms with van der Waals surface area (Å²) < 4.78 is 0. The van der Waals surface area contributed by atoms with Gasteiger partial charge in [-0.05, 0) is 13.8 Å². The zero-order valence-electron chi connectivity index (χ0n) is 9.83. The molecule has 1 amide bonds. The molecule has 0 fully saturated rings. The Labute approximate surface area is 99.1 Å². The molecule has 0 rings (SSSR count). The van der Waals surface area contributed by atoms with E-state index >= 15 is 0 Å². The van der Waals surface area contributed by atoms with Crippen LogP contribution in [0.25, 0.3) is 0 Å². The lowest BCUT2D eigenvalue weighted by atomic mass is 10.0. The number of rotatable bonds is 7. The Balaban J connectivity index is 4.60. The number of hydrogen-bond acceptors (Lipinski definition) is 6. The zero-order valence-corrected chi connectivity index (χ0v) is 9.83. The average molecular weight is 249 g/mol. The normalized spacial score (nSPS) is 18.0. The molecule has 0 spiro atoms. The first-order valence-corrected chi connectivity index (χ1v) is 5.26. The maximum Gasteiger partial charge on any atom is 0.223 e. The van der Waals surface area contributed by atoms with Gasteiger partial charge in [-0.1, -0.05) is 0 Å². The van der Waals surface area contributed by atoms with E-state index in [0.717, 1.165) is 0 Å². The first kappa shape index (κ1) is 16.0. The molecule has 0 heterocycles. The Kier molecular flexibility index (Phi) is 6.89. The lowest BCUT2D eigenvalue weighted by Gasteiger charge is -2.24. The quantitative estimate of drug-likeness (QED) is 0.341. The SMILES string of the molecule is CC(O)CC(=O)N[C@@H](C(=O)CO)[C@@H](O)[C@@H](C)O. The number of aliphatic hydroxyl groups is 4. The lowest BCUT2D eigenvalue weighted by molar-refractivity contribution is -0.135. The van der Waals surface area contributed by atoms with Crippen LogP contribution in [0.2, 0.25) is 0 Å². The maximum absolute atomic E-state index is 11.3. The summed E-state index contributed by atoms with van der Waals surface area (Å²) in [6.07, 6.45) is -3.86. The van der Waals surface area contributed by atoms with Crippen LogP contribution in [0.1, 0.15) is 20.3 Å². The van der Waals surface area contributed by atoms with Crippen LogP contribution in [0.3, 0.4) is 0 Å². The number of nitrogens with one attached hydrogen (secondary N) is 1. The molecular weight excluding hydrogens is 230 g/mol. The van der Waals surface area contributed by atoms with Gasteiger partial charge in [0.25, 0.3) is 0 Å². The van der Waals surface area contributed by atoms with Gasteiger partial charge < -0.3 is 25.7 Å². The largest absolute Gasteiger partial charge is 0.393 e. The number of carbonyl (C=O) groups excluding carboxylic acids is 2. The predicted octanol–water partition coefficient (Wildman–Crippen LogP) is -2.45. The molecule has 0 radical (unpaired) electrons. The van der Waals surface area contributed by atoms with Gasteiger partial charge in [-0.25, -0.2) is 0 Å². The third-order valence-corrected chi connectivity index (χ3v) is 2.14. The molecule has 0 aromatic carbocycles. The Hall–Kier alpha value is -1.02. The molecule has 0 saturated heterocycles. The summed E-state index contributed by atoms with van der Waals surface area (Å²) in [5.41, 5.74) is 0. The van der Waals surface area contributed by atoms with Crippen molar-refractivity contribution < 1.29 is 30.0 Å². The van der Waals surface area contributed by atoms with Gasteiger partial charge in [-0.3, -0.25) is 9.59 Å². The zero-order chi connectivity index (χ0) is 13.6. The van der Waals surface area contributed by atoms with Crippen molar-refractivity contribution in [2.45, 2.75) is 44.6 Å². The molecule has 0 aromatic rings. The molecule has 0 aliphatic heterocycles. The van der Waals surface area contributed by atoms with Gasteiger partial charge in [0.15, 0.2) is 5.78 Å². The molecule has 0 aromatic heterocycles. The third kappa shape index (κ3) is 5.73. The van der Waals surface area contributed by atoms with Gasteiger partial charge >= 0.3 is 0 Å². The van der Waals surface area contributed by atoms with Crippen molar-refractivity contribution >= 4 is 11.7 Å². The van der Waals surface area contributed by atoms with E-state index in [1.807, 2.05) is 0 Å². The van der Waals surface area contributed by atoms with E-state index in [2.05, 4.69) is 5.32 Å². The van der Waals surface area contributed by atoms with Crippen molar-refractivity contribution in [2.75, 3.05) is 6.61 Å². The fourth-order valence-corrected chi connectivity index (χ4v) is 1.23. The molecule has 1 unspecified atom stereocenters. The lowest BCUT2D eigenvalue weighted by Crippen LogP contribution is -2.53. The summed E-state index contributed by atoms with van der Waals surface area (Å²) in [6, 6.07) is -1.38. The van der Waals surface area contributed by atoms with Crippen molar-refractivity contribution in [3.63, 3.8) is 0 Å². The smallest absolute Gasteiger partial charge is 0.223 e. The summed E-state index contributed by atoms with van der Waals surface area (Å²) in [6.45, 7) is 1.79. The molecule has 7 nitrogen and oxygen atoms in total. The van der Waals surface area contributed by atoms with E-state index in [1.165, 1.54) is 13.8 Å². The van der Waals surface area contributed by atoms with E-state index in [1.54, 1.807) is 0 Å². The Bertz CT molecular complexity index is 266. The fraction of sp³-hybridized carbons (Fsp3) is 0.800. The summed E-state index contributed by atoms with van der Waals surface area (Å²) in [7, 11) is 0. The summed E-state index contributed by atoms with van der Waals surface area (Å²) in [5, 5.41) is 38.5. The van der Waals surface area contributed by atoms with Crippen LogP contribution >= 0.6 is 0 Å². The summed E-state index contributed by atoms with van der Waals surface area (Å²) >= 11 is 0. The van der Waals surface area contributed by atoms with Crippen LogP contribution in [0.15, 0.2) is 0 Å². The Morgan fingerprint density at radius 2 is 1.71 bits per heavy atom. The van der Waals surface area contributed by atoms with Gasteiger partial charge in [0.2, 0.25) is 5.91 Å². The van der Waals surface area contributed by atoms with Crippen LogP contribution in [0.4, 0.5) is 0 Å². The van der Waals surface area contributed by atoms with Gasteiger partial charge in [-0.15, -0.1) is 0 Å². The second-order valence-electron chi connectivity index (χ2n) is 3.95. The van der Waals surface area contributed by atoms with E-state index < -0.39 is 42.7 Å². The minimum Gasteiger partial charge on any atom is -0.393 e.